The summed E-state index contributed by atoms with van der Waals surface area (Å²) in [4.78, 5) is 5.48. The summed E-state index contributed by atoms with van der Waals surface area (Å²) in [5.41, 5.74) is 7.37. The molecule has 1 saturated heterocycles. The second kappa shape index (κ2) is 5.51. The van der Waals surface area contributed by atoms with Crippen molar-refractivity contribution in [2.75, 3.05) is 19.6 Å². The van der Waals surface area contributed by atoms with Gasteiger partial charge in [-0.3, -0.25) is 4.90 Å². The van der Waals surface area contributed by atoms with Crippen LogP contribution in [-0.2, 0) is 6.54 Å². The number of piperidine rings is 1. The van der Waals surface area contributed by atoms with E-state index in [0.29, 0.717) is 5.92 Å². The molecule has 2 nitrogen and oxygen atoms in total. The third-order valence-corrected chi connectivity index (χ3v) is 5.05. The number of aryl methyl sites for hydroxylation is 2. The smallest absolute Gasteiger partial charge is 0.0244 e. The molecule has 1 aliphatic heterocycles. The van der Waals surface area contributed by atoms with Crippen molar-refractivity contribution < 1.29 is 0 Å². The van der Waals surface area contributed by atoms with E-state index in [2.05, 4.69) is 31.7 Å². The first kappa shape index (κ1) is 13.1. The molecule has 0 amide bonds. The molecule has 2 heterocycles. The van der Waals surface area contributed by atoms with Crippen LogP contribution < -0.4 is 5.73 Å². The van der Waals surface area contributed by atoms with Crippen molar-refractivity contribution in [3.8, 4) is 0 Å². The normalized spacial score (nSPS) is 26.4. The fourth-order valence-electron chi connectivity index (χ4n) is 2.76. The summed E-state index contributed by atoms with van der Waals surface area (Å²) in [5.74, 6) is 1.48. The molecule has 17 heavy (non-hydrogen) atoms. The molecule has 0 spiro atoms. The molecule has 2 unspecified atom stereocenters. The van der Waals surface area contributed by atoms with Crippen LogP contribution in [0.1, 0.15) is 28.7 Å². The molecule has 1 aromatic rings. The van der Waals surface area contributed by atoms with Gasteiger partial charge < -0.3 is 5.73 Å². The number of thiophene rings is 1. The standard InChI is InChI=1S/C14H24N2S/c1-10-4-5-16(9-14(10)7-15)8-13-6-11(2)17-12(13)3/h6,10,14H,4-5,7-9,15H2,1-3H3. The lowest BCUT2D eigenvalue weighted by molar-refractivity contribution is 0.126. The highest BCUT2D eigenvalue weighted by Crippen LogP contribution is 2.26. The first-order valence-electron chi connectivity index (χ1n) is 6.58. The molecule has 2 N–H and O–H groups in total. The Kier molecular flexibility index (Phi) is 4.23. The number of nitrogens with zero attached hydrogens (tertiary/aromatic N) is 1. The lowest BCUT2D eigenvalue weighted by Crippen LogP contribution is -2.42. The van der Waals surface area contributed by atoms with Crippen LogP contribution in [0.15, 0.2) is 6.07 Å². The minimum Gasteiger partial charge on any atom is -0.330 e. The van der Waals surface area contributed by atoms with E-state index in [4.69, 9.17) is 5.73 Å². The Bertz CT molecular complexity index is 372. The molecule has 1 aromatic heterocycles. The fourth-order valence-corrected chi connectivity index (χ4v) is 3.70. The summed E-state index contributed by atoms with van der Waals surface area (Å²) in [7, 11) is 0. The van der Waals surface area contributed by atoms with Gasteiger partial charge in [0.2, 0.25) is 0 Å². The van der Waals surface area contributed by atoms with Crippen LogP contribution in [0.25, 0.3) is 0 Å². The van der Waals surface area contributed by atoms with E-state index >= 15 is 0 Å². The Morgan fingerprint density at radius 2 is 2.24 bits per heavy atom. The number of nitrogens with two attached hydrogens (primary N) is 1. The Morgan fingerprint density at radius 1 is 1.47 bits per heavy atom. The Balaban J connectivity index is 1.98. The molecule has 2 rings (SSSR count). The highest BCUT2D eigenvalue weighted by atomic mass is 32.1. The Labute approximate surface area is 109 Å². The van der Waals surface area contributed by atoms with Gasteiger partial charge in [-0.1, -0.05) is 6.92 Å². The first-order valence-corrected chi connectivity index (χ1v) is 7.40. The van der Waals surface area contributed by atoms with E-state index in [9.17, 15) is 0 Å². The number of hydrogen-bond acceptors (Lipinski definition) is 3. The molecule has 96 valence electrons. The number of hydrogen-bond donors (Lipinski definition) is 1. The van der Waals surface area contributed by atoms with Gasteiger partial charge in [0, 0.05) is 22.8 Å². The fraction of sp³-hybridized carbons (Fsp3) is 0.714. The van der Waals surface area contributed by atoms with Gasteiger partial charge in [0.1, 0.15) is 0 Å². The van der Waals surface area contributed by atoms with Gasteiger partial charge in [-0.05, 0) is 56.8 Å². The molecular weight excluding hydrogens is 228 g/mol. The van der Waals surface area contributed by atoms with Crippen LogP contribution in [0.4, 0.5) is 0 Å². The van der Waals surface area contributed by atoms with E-state index in [1.54, 1.807) is 0 Å². The van der Waals surface area contributed by atoms with Gasteiger partial charge in [-0.25, -0.2) is 0 Å². The largest absolute Gasteiger partial charge is 0.330 e. The SMILES string of the molecule is Cc1cc(CN2CCC(C)C(CN)C2)c(C)s1. The van der Waals surface area contributed by atoms with Crippen LogP contribution >= 0.6 is 11.3 Å². The van der Waals surface area contributed by atoms with E-state index in [1.165, 1.54) is 34.8 Å². The third-order valence-electron chi connectivity index (χ3n) is 4.04. The average Bonchev–Trinajstić information content (AvgIpc) is 2.60. The maximum absolute atomic E-state index is 5.86. The number of likely N-dealkylation sites (tertiary alicyclic amines) is 1. The summed E-state index contributed by atoms with van der Waals surface area (Å²) >= 11 is 1.91. The zero-order valence-electron chi connectivity index (χ0n) is 11.2. The molecule has 0 aromatic carbocycles. The lowest BCUT2D eigenvalue weighted by atomic mass is 9.87. The zero-order chi connectivity index (χ0) is 12.4. The second-order valence-electron chi connectivity index (χ2n) is 5.44. The van der Waals surface area contributed by atoms with Crippen molar-refractivity contribution in [3.05, 3.63) is 21.4 Å². The maximum atomic E-state index is 5.86. The summed E-state index contributed by atoms with van der Waals surface area (Å²) < 4.78 is 0. The van der Waals surface area contributed by atoms with Crippen molar-refractivity contribution in [1.82, 2.24) is 4.90 Å². The summed E-state index contributed by atoms with van der Waals surface area (Å²) in [6, 6.07) is 2.34. The lowest BCUT2D eigenvalue weighted by Gasteiger charge is -2.36. The number of rotatable bonds is 3. The van der Waals surface area contributed by atoms with Crippen molar-refractivity contribution >= 4 is 11.3 Å². The summed E-state index contributed by atoms with van der Waals surface area (Å²) in [6.07, 6.45) is 1.30. The summed E-state index contributed by atoms with van der Waals surface area (Å²) in [5, 5.41) is 0. The molecule has 0 bridgehead atoms. The van der Waals surface area contributed by atoms with Crippen molar-refractivity contribution in [2.24, 2.45) is 17.6 Å². The maximum Gasteiger partial charge on any atom is 0.0244 e. The molecule has 1 fully saturated rings. The molecule has 3 heteroatoms. The van der Waals surface area contributed by atoms with E-state index in [1.807, 2.05) is 11.3 Å². The van der Waals surface area contributed by atoms with Crippen LogP contribution in [0, 0.1) is 25.7 Å². The Morgan fingerprint density at radius 3 is 2.82 bits per heavy atom. The molecule has 0 aliphatic carbocycles. The van der Waals surface area contributed by atoms with Gasteiger partial charge >= 0.3 is 0 Å². The highest BCUT2D eigenvalue weighted by Gasteiger charge is 2.25. The third kappa shape index (κ3) is 3.09. The zero-order valence-corrected chi connectivity index (χ0v) is 12.0. The Hall–Kier alpha value is -0.380. The van der Waals surface area contributed by atoms with Gasteiger partial charge in [0.05, 0.1) is 0 Å². The van der Waals surface area contributed by atoms with Crippen LogP contribution in [0.2, 0.25) is 0 Å². The quantitative estimate of drug-likeness (QED) is 0.896. The van der Waals surface area contributed by atoms with E-state index in [0.717, 1.165) is 19.0 Å². The average molecular weight is 252 g/mol. The van der Waals surface area contributed by atoms with Gasteiger partial charge in [-0.15, -0.1) is 11.3 Å². The monoisotopic (exact) mass is 252 g/mol. The highest BCUT2D eigenvalue weighted by molar-refractivity contribution is 7.12. The summed E-state index contributed by atoms with van der Waals surface area (Å²) in [6.45, 7) is 11.1. The topological polar surface area (TPSA) is 29.3 Å². The molecular formula is C14H24N2S. The second-order valence-corrected chi connectivity index (χ2v) is 6.90. The molecule has 1 aliphatic rings. The minimum absolute atomic E-state index is 0.684. The van der Waals surface area contributed by atoms with Crippen molar-refractivity contribution in [2.45, 2.75) is 33.7 Å². The minimum atomic E-state index is 0.684. The van der Waals surface area contributed by atoms with Gasteiger partial charge in [0.15, 0.2) is 0 Å². The molecule has 0 saturated carbocycles. The van der Waals surface area contributed by atoms with Gasteiger partial charge in [-0.2, -0.15) is 0 Å². The van der Waals surface area contributed by atoms with Crippen molar-refractivity contribution in [3.63, 3.8) is 0 Å². The molecule has 0 radical (unpaired) electrons. The van der Waals surface area contributed by atoms with E-state index in [-0.39, 0.29) is 0 Å². The predicted molar refractivity (Wildman–Crippen MR) is 75.4 cm³/mol. The van der Waals surface area contributed by atoms with Crippen LogP contribution in [-0.4, -0.2) is 24.5 Å². The van der Waals surface area contributed by atoms with E-state index < -0.39 is 0 Å². The molecule has 2 atom stereocenters. The van der Waals surface area contributed by atoms with Crippen molar-refractivity contribution in [1.29, 1.82) is 0 Å². The first-order chi connectivity index (χ1) is 8.10. The van der Waals surface area contributed by atoms with Gasteiger partial charge in [0.25, 0.3) is 0 Å². The predicted octanol–water partition coefficient (Wildman–Crippen LogP) is 2.78. The van der Waals surface area contributed by atoms with Crippen LogP contribution in [0.5, 0.6) is 0 Å². The van der Waals surface area contributed by atoms with Crippen LogP contribution in [0.3, 0.4) is 0 Å².